The quantitative estimate of drug-likeness (QED) is 0.185. The minimum absolute atomic E-state index is 0.0830. The van der Waals surface area contributed by atoms with E-state index in [0.717, 1.165) is 0 Å². The minimum atomic E-state index is -2.47. The number of hydrazine groups is 1. The van der Waals surface area contributed by atoms with E-state index in [4.69, 9.17) is 16.2 Å². The molecule has 0 spiro atoms. The fourth-order valence-electron chi connectivity index (χ4n) is 1.20. The SMILES string of the molecule is COc1ccc([C@H](N[NH+]=C(N)N)[P+](=O)O)cc1. The van der Waals surface area contributed by atoms with E-state index in [0.29, 0.717) is 11.3 Å². The summed E-state index contributed by atoms with van der Waals surface area (Å²) in [4.78, 5) is 9.19. The first-order chi connectivity index (χ1) is 8.04. The molecule has 92 valence electrons. The van der Waals surface area contributed by atoms with Gasteiger partial charge in [0.1, 0.15) is 5.75 Å². The van der Waals surface area contributed by atoms with Crippen LogP contribution in [-0.2, 0) is 4.57 Å². The Balaban J connectivity index is 2.89. The van der Waals surface area contributed by atoms with Crippen LogP contribution >= 0.6 is 8.03 Å². The second-order valence-corrected chi connectivity index (χ2v) is 4.32. The van der Waals surface area contributed by atoms with Gasteiger partial charge in [-0.1, -0.05) is 0 Å². The van der Waals surface area contributed by atoms with E-state index in [1.165, 1.54) is 0 Å². The lowest BCUT2D eigenvalue weighted by atomic mass is 10.2. The molecule has 0 aliphatic carbocycles. The fourth-order valence-corrected chi connectivity index (χ4v) is 1.81. The number of ether oxygens (including phenoxy) is 1. The lowest BCUT2D eigenvalue weighted by molar-refractivity contribution is -0.532. The second kappa shape index (κ2) is 6.03. The molecule has 7 N–H and O–H groups in total. The second-order valence-electron chi connectivity index (χ2n) is 3.20. The Kier molecular flexibility index (Phi) is 4.68. The molecule has 1 aromatic carbocycles. The smallest absolute Gasteiger partial charge is 0.497 e. The predicted octanol–water partition coefficient (Wildman–Crippen LogP) is -1.71. The van der Waals surface area contributed by atoms with Gasteiger partial charge < -0.3 is 4.74 Å². The first-order valence-electron chi connectivity index (χ1n) is 4.73. The van der Waals surface area contributed by atoms with Gasteiger partial charge in [0.25, 0.3) is 0 Å². The first kappa shape index (κ1) is 13.2. The van der Waals surface area contributed by atoms with Crippen LogP contribution in [-0.4, -0.2) is 18.0 Å². The zero-order chi connectivity index (χ0) is 12.8. The van der Waals surface area contributed by atoms with Crippen molar-refractivity contribution in [3.8, 4) is 5.75 Å². The summed E-state index contributed by atoms with van der Waals surface area (Å²) in [7, 11) is -0.929. The number of hydrogen-bond donors (Lipinski definition) is 5. The number of nitrogens with two attached hydrogens (primary N) is 2. The normalized spacial score (nSPS) is 12.5. The Morgan fingerprint density at radius 3 is 2.47 bits per heavy atom. The number of benzene rings is 1. The molecule has 17 heavy (non-hydrogen) atoms. The number of nitrogens with one attached hydrogen (secondary N) is 2. The molecule has 1 unspecified atom stereocenters. The standard InChI is InChI=1S/C9H13N4O3P/c1-16-7-4-2-6(3-5-7)8(17(14)15)12-13-9(10)11/h2-5,8,12H,1H3,(H4-,10,11,13,14,15)/p+2/t8-/m1/s1. The van der Waals surface area contributed by atoms with Gasteiger partial charge in [0, 0.05) is 5.56 Å². The number of hydrogen-bond acceptors (Lipinski definition) is 3. The number of hydrazone groups is 1. The van der Waals surface area contributed by atoms with Crippen molar-refractivity contribution in [2.75, 3.05) is 7.11 Å². The molecule has 0 aliphatic rings. The maximum absolute atomic E-state index is 11.2. The molecule has 0 saturated heterocycles. The zero-order valence-electron chi connectivity index (χ0n) is 9.25. The van der Waals surface area contributed by atoms with Crippen LogP contribution in [0.4, 0.5) is 0 Å². The lowest BCUT2D eigenvalue weighted by Crippen LogP contribution is -2.86. The summed E-state index contributed by atoms with van der Waals surface area (Å²) in [6, 6.07) is 6.74. The molecule has 1 aromatic rings. The molecule has 0 amide bonds. The molecule has 0 radical (unpaired) electrons. The zero-order valence-corrected chi connectivity index (χ0v) is 10.1. The third-order valence-electron chi connectivity index (χ3n) is 2.01. The summed E-state index contributed by atoms with van der Waals surface area (Å²) in [5.41, 5.74) is 13.6. The van der Waals surface area contributed by atoms with E-state index in [-0.39, 0.29) is 5.96 Å². The molecule has 1 rings (SSSR count). The molecule has 0 fully saturated rings. The van der Waals surface area contributed by atoms with Gasteiger partial charge in [0.15, 0.2) is 0 Å². The Bertz CT molecular complexity index is 417. The van der Waals surface area contributed by atoms with E-state index < -0.39 is 13.8 Å². The van der Waals surface area contributed by atoms with Crippen molar-refractivity contribution in [2.45, 2.75) is 5.78 Å². The van der Waals surface area contributed by atoms with Crippen LogP contribution in [0.25, 0.3) is 0 Å². The van der Waals surface area contributed by atoms with Gasteiger partial charge >= 0.3 is 19.8 Å². The van der Waals surface area contributed by atoms with Crippen molar-refractivity contribution in [1.29, 1.82) is 0 Å². The van der Waals surface area contributed by atoms with Crippen molar-refractivity contribution in [2.24, 2.45) is 11.5 Å². The van der Waals surface area contributed by atoms with E-state index in [2.05, 4.69) is 10.5 Å². The van der Waals surface area contributed by atoms with E-state index in [1.54, 1.807) is 31.4 Å². The van der Waals surface area contributed by atoms with Gasteiger partial charge in [0.05, 0.1) is 7.11 Å². The van der Waals surface area contributed by atoms with Crippen LogP contribution in [0.3, 0.4) is 0 Å². The van der Waals surface area contributed by atoms with Gasteiger partial charge in [-0.05, 0) is 28.8 Å². The predicted molar refractivity (Wildman–Crippen MR) is 63.0 cm³/mol. The van der Waals surface area contributed by atoms with Crippen molar-refractivity contribution in [3.05, 3.63) is 29.8 Å². The Labute approximate surface area is 99.3 Å². The topological polar surface area (TPSA) is 125 Å². The van der Waals surface area contributed by atoms with Crippen molar-refractivity contribution >= 4 is 14.0 Å². The Morgan fingerprint density at radius 2 is 2.06 bits per heavy atom. The number of methoxy groups -OCH3 is 1. The van der Waals surface area contributed by atoms with Crippen LogP contribution in [0.15, 0.2) is 24.3 Å². The third kappa shape index (κ3) is 3.90. The Hall–Kier alpha value is -1.85. The molecule has 0 bridgehead atoms. The maximum atomic E-state index is 11.2. The van der Waals surface area contributed by atoms with Crippen LogP contribution in [0.1, 0.15) is 11.3 Å². The average Bonchev–Trinajstić information content (AvgIpc) is 2.29. The van der Waals surface area contributed by atoms with Crippen LogP contribution in [0, 0.1) is 0 Å². The average molecular weight is 258 g/mol. The highest BCUT2D eigenvalue weighted by atomic mass is 31.1. The summed E-state index contributed by atoms with van der Waals surface area (Å²) in [6.07, 6.45) is 0. The molecule has 0 aliphatic heterocycles. The van der Waals surface area contributed by atoms with E-state index >= 15 is 0 Å². The number of rotatable bonds is 5. The summed E-state index contributed by atoms with van der Waals surface area (Å²) < 4.78 is 16.2. The van der Waals surface area contributed by atoms with Crippen molar-refractivity contribution < 1.29 is 19.3 Å². The van der Waals surface area contributed by atoms with Gasteiger partial charge in [-0.15, -0.1) is 0 Å². The highest BCUT2D eigenvalue weighted by Crippen LogP contribution is 2.34. The monoisotopic (exact) mass is 258 g/mol. The van der Waals surface area contributed by atoms with Gasteiger partial charge in [-0.25, -0.2) is 5.43 Å². The molecule has 0 aromatic heterocycles. The molecule has 7 nitrogen and oxygen atoms in total. The van der Waals surface area contributed by atoms with Gasteiger partial charge in [0.2, 0.25) is 0 Å². The molecule has 8 heteroatoms. The highest BCUT2D eigenvalue weighted by molar-refractivity contribution is 7.38. The van der Waals surface area contributed by atoms with Crippen molar-refractivity contribution in [1.82, 2.24) is 5.43 Å². The van der Waals surface area contributed by atoms with Crippen LogP contribution < -0.4 is 26.7 Å². The Morgan fingerprint density at radius 1 is 1.47 bits per heavy atom. The third-order valence-corrected chi connectivity index (χ3v) is 2.87. The molecule has 2 atom stereocenters. The first-order valence-corrected chi connectivity index (χ1v) is 6.01. The lowest BCUT2D eigenvalue weighted by Gasteiger charge is -2.05. The maximum Gasteiger partial charge on any atom is 0.538 e. The largest absolute Gasteiger partial charge is 0.538 e. The summed E-state index contributed by atoms with van der Waals surface area (Å²) in [6.45, 7) is 0. The van der Waals surface area contributed by atoms with E-state index in [9.17, 15) is 9.46 Å². The van der Waals surface area contributed by atoms with E-state index in [1.807, 2.05) is 0 Å². The molecule has 0 heterocycles. The minimum Gasteiger partial charge on any atom is -0.497 e. The molecule has 0 saturated carbocycles. The fraction of sp³-hybridized carbons (Fsp3) is 0.222. The summed E-state index contributed by atoms with van der Waals surface area (Å²) >= 11 is 0. The highest BCUT2D eigenvalue weighted by Gasteiger charge is 2.31. The van der Waals surface area contributed by atoms with Gasteiger partial charge in [-0.2, -0.15) is 9.99 Å². The van der Waals surface area contributed by atoms with Gasteiger partial charge in [-0.3, -0.25) is 11.5 Å². The summed E-state index contributed by atoms with van der Waals surface area (Å²) in [5, 5.41) is 2.40. The van der Waals surface area contributed by atoms with Crippen LogP contribution in [0.2, 0.25) is 0 Å². The molecular formula is C9H15N4O3P+2. The molecular weight excluding hydrogens is 243 g/mol. The summed E-state index contributed by atoms with van der Waals surface area (Å²) in [5.74, 6) is -0.225. The number of guanidine groups is 1. The van der Waals surface area contributed by atoms with Crippen molar-refractivity contribution in [3.63, 3.8) is 0 Å². The van der Waals surface area contributed by atoms with Crippen LogP contribution in [0.5, 0.6) is 5.75 Å².